The number of rotatable bonds is 3. The first-order valence-corrected chi connectivity index (χ1v) is 6.12. The standard InChI is InChI=1S/C14H21N3O2/c1-10-6-5-7-11(8-10)17-13(15)16-9-12(18)19-14(2,3)4/h5-8H,9H2,1-4H3,(H3,15,16,17). The van der Waals surface area contributed by atoms with Crippen molar-refractivity contribution in [2.24, 2.45) is 10.7 Å². The molecular weight excluding hydrogens is 242 g/mol. The highest BCUT2D eigenvalue weighted by Crippen LogP contribution is 2.09. The van der Waals surface area contributed by atoms with Crippen molar-refractivity contribution >= 4 is 17.6 Å². The molecule has 0 aromatic heterocycles. The highest BCUT2D eigenvalue weighted by molar-refractivity contribution is 5.93. The molecule has 1 aromatic rings. The van der Waals surface area contributed by atoms with Crippen LogP contribution in [-0.2, 0) is 9.53 Å². The molecule has 0 aliphatic rings. The Labute approximate surface area is 113 Å². The number of hydrogen-bond acceptors (Lipinski definition) is 3. The number of aliphatic imine (C=N–C) groups is 1. The lowest BCUT2D eigenvalue weighted by Crippen LogP contribution is -2.28. The average Bonchev–Trinajstić information content (AvgIpc) is 2.24. The molecule has 1 aromatic carbocycles. The van der Waals surface area contributed by atoms with E-state index in [0.29, 0.717) is 0 Å². The van der Waals surface area contributed by atoms with Gasteiger partial charge in [0.05, 0.1) is 0 Å². The predicted octanol–water partition coefficient (Wildman–Crippen LogP) is 2.06. The lowest BCUT2D eigenvalue weighted by atomic mass is 10.2. The molecule has 5 nitrogen and oxygen atoms in total. The van der Waals surface area contributed by atoms with Gasteiger partial charge < -0.3 is 15.8 Å². The van der Waals surface area contributed by atoms with Gasteiger partial charge in [-0.15, -0.1) is 0 Å². The minimum Gasteiger partial charge on any atom is -0.459 e. The molecule has 104 valence electrons. The maximum absolute atomic E-state index is 11.5. The first kappa shape index (κ1) is 15.0. The number of guanidine groups is 1. The number of aryl methyl sites for hydroxylation is 1. The monoisotopic (exact) mass is 263 g/mol. The van der Waals surface area contributed by atoms with Crippen LogP contribution in [0, 0.1) is 6.92 Å². The zero-order valence-corrected chi connectivity index (χ0v) is 11.9. The molecule has 0 unspecified atom stereocenters. The minimum atomic E-state index is -0.509. The molecule has 0 aliphatic heterocycles. The largest absolute Gasteiger partial charge is 0.459 e. The van der Waals surface area contributed by atoms with Crippen molar-refractivity contribution in [1.82, 2.24) is 0 Å². The zero-order chi connectivity index (χ0) is 14.5. The van der Waals surface area contributed by atoms with Gasteiger partial charge in [0.25, 0.3) is 0 Å². The topological polar surface area (TPSA) is 76.7 Å². The molecule has 0 radical (unpaired) electrons. The van der Waals surface area contributed by atoms with Crippen LogP contribution in [0.1, 0.15) is 26.3 Å². The number of hydrogen-bond donors (Lipinski definition) is 2. The molecule has 0 spiro atoms. The third kappa shape index (κ3) is 6.45. The Bertz CT molecular complexity index is 476. The average molecular weight is 263 g/mol. The second-order valence-corrected chi connectivity index (χ2v) is 5.28. The third-order valence-electron chi connectivity index (χ3n) is 2.09. The van der Waals surface area contributed by atoms with Crippen LogP contribution in [0.4, 0.5) is 5.69 Å². The molecular formula is C14H21N3O2. The van der Waals surface area contributed by atoms with Crippen molar-refractivity contribution in [3.8, 4) is 0 Å². The molecule has 0 atom stereocenters. The van der Waals surface area contributed by atoms with Gasteiger partial charge in [-0.05, 0) is 45.4 Å². The maximum Gasteiger partial charge on any atom is 0.328 e. The Kier molecular flexibility index (Phi) is 4.92. The Morgan fingerprint density at radius 2 is 2.11 bits per heavy atom. The van der Waals surface area contributed by atoms with Crippen molar-refractivity contribution in [3.63, 3.8) is 0 Å². The van der Waals surface area contributed by atoms with Gasteiger partial charge in [-0.3, -0.25) is 4.79 Å². The van der Waals surface area contributed by atoms with Gasteiger partial charge in [-0.2, -0.15) is 0 Å². The van der Waals surface area contributed by atoms with Gasteiger partial charge in [0, 0.05) is 5.69 Å². The van der Waals surface area contributed by atoms with E-state index in [2.05, 4.69) is 10.3 Å². The first-order chi connectivity index (χ1) is 8.76. The summed E-state index contributed by atoms with van der Waals surface area (Å²) < 4.78 is 5.13. The van der Waals surface area contributed by atoms with Crippen LogP contribution in [0.5, 0.6) is 0 Å². The highest BCUT2D eigenvalue weighted by atomic mass is 16.6. The normalized spacial score (nSPS) is 12.1. The van der Waals surface area contributed by atoms with E-state index in [1.807, 2.05) is 52.0 Å². The summed E-state index contributed by atoms with van der Waals surface area (Å²) in [6.45, 7) is 7.32. The molecule has 0 fully saturated rings. The van der Waals surface area contributed by atoms with Gasteiger partial charge >= 0.3 is 5.97 Å². The zero-order valence-electron chi connectivity index (χ0n) is 11.9. The number of esters is 1. The van der Waals surface area contributed by atoms with Crippen LogP contribution < -0.4 is 11.1 Å². The van der Waals surface area contributed by atoms with Gasteiger partial charge in [-0.25, -0.2) is 4.99 Å². The molecule has 1 rings (SSSR count). The summed E-state index contributed by atoms with van der Waals surface area (Å²) in [4.78, 5) is 15.4. The van der Waals surface area contributed by atoms with Crippen LogP contribution in [0.15, 0.2) is 29.3 Å². The van der Waals surface area contributed by atoms with E-state index in [4.69, 9.17) is 10.5 Å². The number of nitrogens with one attached hydrogen (secondary N) is 1. The van der Waals surface area contributed by atoms with E-state index in [1.54, 1.807) is 0 Å². The number of nitrogens with zero attached hydrogens (tertiary/aromatic N) is 1. The van der Waals surface area contributed by atoms with Crippen molar-refractivity contribution in [2.45, 2.75) is 33.3 Å². The number of benzene rings is 1. The summed E-state index contributed by atoms with van der Waals surface area (Å²) in [6, 6.07) is 7.72. The number of ether oxygens (including phenoxy) is 1. The summed E-state index contributed by atoms with van der Waals surface area (Å²) >= 11 is 0. The van der Waals surface area contributed by atoms with Crippen molar-refractivity contribution < 1.29 is 9.53 Å². The molecule has 0 amide bonds. The fourth-order valence-corrected chi connectivity index (χ4v) is 1.43. The quantitative estimate of drug-likeness (QED) is 0.497. The summed E-state index contributed by atoms with van der Waals surface area (Å²) in [5.41, 5.74) is 7.14. The summed E-state index contributed by atoms with van der Waals surface area (Å²) in [7, 11) is 0. The van der Waals surface area contributed by atoms with Gasteiger partial charge in [0.15, 0.2) is 5.96 Å². The SMILES string of the molecule is Cc1cccc(NC(N)=NCC(=O)OC(C)(C)C)c1. The van der Waals surface area contributed by atoms with Gasteiger partial charge in [0.1, 0.15) is 12.1 Å². The summed E-state index contributed by atoms with van der Waals surface area (Å²) in [5, 5.41) is 2.92. The number of carbonyl (C=O) groups excluding carboxylic acids is 1. The van der Waals surface area contributed by atoms with Crippen molar-refractivity contribution in [3.05, 3.63) is 29.8 Å². The Hall–Kier alpha value is -2.04. The van der Waals surface area contributed by atoms with Gasteiger partial charge in [0.2, 0.25) is 0 Å². The lowest BCUT2D eigenvalue weighted by Gasteiger charge is -2.18. The molecule has 5 heteroatoms. The summed E-state index contributed by atoms with van der Waals surface area (Å²) in [6.07, 6.45) is 0. The molecule has 0 saturated heterocycles. The van der Waals surface area contributed by atoms with E-state index in [1.165, 1.54) is 0 Å². The first-order valence-electron chi connectivity index (χ1n) is 6.12. The second-order valence-electron chi connectivity index (χ2n) is 5.28. The number of anilines is 1. The lowest BCUT2D eigenvalue weighted by molar-refractivity contribution is -0.152. The van der Waals surface area contributed by atoms with E-state index in [9.17, 15) is 4.79 Å². The van der Waals surface area contributed by atoms with Crippen molar-refractivity contribution in [1.29, 1.82) is 0 Å². The van der Waals surface area contributed by atoms with Crippen LogP contribution in [0.25, 0.3) is 0 Å². The van der Waals surface area contributed by atoms with Crippen molar-refractivity contribution in [2.75, 3.05) is 11.9 Å². The Balaban J connectivity index is 2.52. The van der Waals surface area contributed by atoms with E-state index < -0.39 is 11.6 Å². The molecule has 0 heterocycles. The van der Waals surface area contributed by atoms with E-state index in [0.717, 1.165) is 11.3 Å². The number of carbonyl (C=O) groups is 1. The number of nitrogens with two attached hydrogens (primary N) is 1. The van der Waals surface area contributed by atoms with E-state index in [-0.39, 0.29) is 12.5 Å². The van der Waals surface area contributed by atoms with Crippen LogP contribution in [0.3, 0.4) is 0 Å². The van der Waals surface area contributed by atoms with Gasteiger partial charge in [-0.1, -0.05) is 12.1 Å². The molecule has 0 saturated carbocycles. The van der Waals surface area contributed by atoms with Crippen LogP contribution in [-0.4, -0.2) is 24.1 Å². The second kappa shape index (κ2) is 6.22. The smallest absolute Gasteiger partial charge is 0.328 e. The maximum atomic E-state index is 11.5. The Morgan fingerprint density at radius 3 is 2.68 bits per heavy atom. The fraction of sp³-hybridized carbons (Fsp3) is 0.429. The summed E-state index contributed by atoms with van der Waals surface area (Å²) in [5.74, 6) is -0.210. The van der Waals surface area contributed by atoms with Crippen LogP contribution >= 0.6 is 0 Å². The minimum absolute atomic E-state index is 0.0953. The molecule has 3 N–H and O–H groups in total. The molecule has 0 aliphatic carbocycles. The third-order valence-corrected chi connectivity index (χ3v) is 2.09. The fourth-order valence-electron chi connectivity index (χ4n) is 1.43. The highest BCUT2D eigenvalue weighted by Gasteiger charge is 2.15. The van der Waals surface area contributed by atoms with Crippen LogP contribution in [0.2, 0.25) is 0 Å². The Morgan fingerprint density at radius 1 is 1.42 bits per heavy atom. The molecule has 0 bridgehead atoms. The molecule has 19 heavy (non-hydrogen) atoms. The van der Waals surface area contributed by atoms with E-state index >= 15 is 0 Å². The predicted molar refractivity (Wildman–Crippen MR) is 77.1 cm³/mol.